The largest absolute Gasteiger partial charge is 0.271 e. The van der Waals surface area contributed by atoms with Crippen molar-refractivity contribution in [2.75, 3.05) is 0 Å². The molecule has 3 N–H and O–H groups in total. The molecule has 1 aliphatic rings. The Hall–Kier alpha value is -0.860. The average Bonchev–Trinajstić information content (AvgIpc) is 2.35. The Morgan fingerprint density at radius 2 is 1.55 bits per heavy atom. The standard InChI is InChI=1S/C18H30N2/c1-14-10-15(2)12-16(11-14)13-18(20-19)17-8-6-4-3-5-7-9-17/h10-12,17-18,20H,3-9,13,19H2,1-2H3. The van der Waals surface area contributed by atoms with Crippen LogP contribution in [0.3, 0.4) is 0 Å². The van der Waals surface area contributed by atoms with Crippen LogP contribution in [0.25, 0.3) is 0 Å². The topological polar surface area (TPSA) is 38.0 Å². The third kappa shape index (κ3) is 4.60. The maximum absolute atomic E-state index is 5.87. The van der Waals surface area contributed by atoms with Gasteiger partial charge in [-0.15, -0.1) is 0 Å². The summed E-state index contributed by atoms with van der Waals surface area (Å²) in [5.41, 5.74) is 7.24. The summed E-state index contributed by atoms with van der Waals surface area (Å²) in [6.45, 7) is 4.36. The zero-order valence-electron chi connectivity index (χ0n) is 13.1. The molecule has 1 aromatic rings. The molecule has 0 heterocycles. The number of nitrogens with two attached hydrogens (primary N) is 1. The van der Waals surface area contributed by atoms with Crippen LogP contribution >= 0.6 is 0 Å². The van der Waals surface area contributed by atoms with Crippen LogP contribution in [-0.2, 0) is 6.42 Å². The number of hydrogen-bond acceptors (Lipinski definition) is 2. The minimum atomic E-state index is 0.425. The van der Waals surface area contributed by atoms with Crippen LogP contribution in [0.1, 0.15) is 61.6 Å². The molecule has 0 bridgehead atoms. The van der Waals surface area contributed by atoms with Gasteiger partial charge < -0.3 is 0 Å². The summed E-state index contributed by atoms with van der Waals surface area (Å²) < 4.78 is 0. The van der Waals surface area contributed by atoms with Crippen molar-refractivity contribution < 1.29 is 0 Å². The molecule has 1 aromatic carbocycles. The van der Waals surface area contributed by atoms with Crippen molar-refractivity contribution in [2.45, 2.75) is 71.3 Å². The van der Waals surface area contributed by atoms with Crippen molar-refractivity contribution in [3.8, 4) is 0 Å². The van der Waals surface area contributed by atoms with E-state index in [0.717, 1.165) is 12.3 Å². The fourth-order valence-electron chi connectivity index (χ4n) is 3.69. The molecule has 0 saturated heterocycles. The van der Waals surface area contributed by atoms with Gasteiger partial charge in [-0.2, -0.15) is 0 Å². The molecule has 0 spiro atoms. The molecule has 1 aliphatic carbocycles. The molecule has 1 saturated carbocycles. The highest BCUT2D eigenvalue weighted by atomic mass is 15.2. The van der Waals surface area contributed by atoms with Gasteiger partial charge in [0.1, 0.15) is 0 Å². The smallest absolute Gasteiger partial charge is 0.0279 e. The van der Waals surface area contributed by atoms with E-state index in [2.05, 4.69) is 37.5 Å². The normalized spacial score (nSPS) is 19.4. The van der Waals surface area contributed by atoms with E-state index >= 15 is 0 Å². The summed E-state index contributed by atoms with van der Waals surface area (Å²) >= 11 is 0. The first kappa shape index (κ1) is 15.5. The number of aryl methyl sites for hydroxylation is 2. The predicted octanol–water partition coefficient (Wildman–Crippen LogP) is 4.04. The highest BCUT2D eigenvalue weighted by molar-refractivity contribution is 5.29. The molecular formula is C18H30N2. The molecule has 0 radical (unpaired) electrons. The summed E-state index contributed by atoms with van der Waals surface area (Å²) in [5.74, 6) is 6.60. The molecule has 1 fully saturated rings. The summed E-state index contributed by atoms with van der Waals surface area (Å²) in [5, 5.41) is 0. The number of benzene rings is 1. The van der Waals surface area contributed by atoms with Crippen molar-refractivity contribution >= 4 is 0 Å². The Bertz CT molecular complexity index is 386. The van der Waals surface area contributed by atoms with Crippen molar-refractivity contribution in [2.24, 2.45) is 11.8 Å². The highest BCUT2D eigenvalue weighted by Gasteiger charge is 2.21. The lowest BCUT2D eigenvalue weighted by atomic mass is 9.83. The number of hydrogen-bond donors (Lipinski definition) is 2. The molecule has 1 unspecified atom stereocenters. The Balaban J connectivity index is 2.02. The van der Waals surface area contributed by atoms with Gasteiger partial charge in [-0.1, -0.05) is 61.4 Å². The first-order valence-electron chi connectivity index (χ1n) is 8.22. The maximum Gasteiger partial charge on any atom is 0.0279 e. The second-order valence-corrected chi connectivity index (χ2v) is 6.58. The second kappa shape index (κ2) is 7.80. The van der Waals surface area contributed by atoms with E-state index in [9.17, 15) is 0 Å². The highest BCUT2D eigenvalue weighted by Crippen LogP contribution is 2.26. The van der Waals surface area contributed by atoms with E-state index in [-0.39, 0.29) is 0 Å². The third-order valence-corrected chi connectivity index (χ3v) is 4.67. The van der Waals surface area contributed by atoms with Gasteiger partial charge in [-0.05, 0) is 44.6 Å². The fraction of sp³-hybridized carbons (Fsp3) is 0.667. The van der Waals surface area contributed by atoms with E-state index < -0.39 is 0 Å². The van der Waals surface area contributed by atoms with Gasteiger partial charge >= 0.3 is 0 Å². The summed E-state index contributed by atoms with van der Waals surface area (Å²) in [6, 6.07) is 7.28. The molecule has 1 atom stereocenters. The maximum atomic E-state index is 5.87. The number of hydrazine groups is 1. The fourth-order valence-corrected chi connectivity index (χ4v) is 3.69. The van der Waals surface area contributed by atoms with E-state index in [4.69, 9.17) is 5.84 Å². The predicted molar refractivity (Wildman–Crippen MR) is 86.5 cm³/mol. The minimum Gasteiger partial charge on any atom is -0.271 e. The molecule has 0 aliphatic heterocycles. The summed E-state index contributed by atoms with van der Waals surface area (Å²) in [4.78, 5) is 0. The van der Waals surface area contributed by atoms with Gasteiger partial charge in [-0.25, -0.2) is 0 Å². The molecule has 112 valence electrons. The van der Waals surface area contributed by atoms with Crippen LogP contribution in [0.4, 0.5) is 0 Å². The first-order valence-corrected chi connectivity index (χ1v) is 8.22. The van der Waals surface area contributed by atoms with E-state index in [1.165, 1.54) is 61.6 Å². The molecule has 2 rings (SSSR count). The van der Waals surface area contributed by atoms with E-state index in [1.807, 2.05) is 0 Å². The lowest BCUT2D eigenvalue weighted by molar-refractivity contribution is 0.285. The minimum absolute atomic E-state index is 0.425. The lowest BCUT2D eigenvalue weighted by Gasteiger charge is -2.28. The first-order chi connectivity index (χ1) is 9.69. The monoisotopic (exact) mass is 274 g/mol. The van der Waals surface area contributed by atoms with Crippen molar-refractivity contribution in [3.63, 3.8) is 0 Å². The lowest BCUT2D eigenvalue weighted by Crippen LogP contribution is -2.42. The van der Waals surface area contributed by atoms with Crippen LogP contribution in [0.5, 0.6) is 0 Å². The number of nitrogens with one attached hydrogen (secondary N) is 1. The van der Waals surface area contributed by atoms with Crippen LogP contribution in [-0.4, -0.2) is 6.04 Å². The Labute approximate surface area is 124 Å². The van der Waals surface area contributed by atoms with Crippen molar-refractivity contribution in [1.29, 1.82) is 0 Å². The van der Waals surface area contributed by atoms with Crippen molar-refractivity contribution in [1.82, 2.24) is 5.43 Å². The molecule has 0 amide bonds. The molecular weight excluding hydrogens is 244 g/mol. The van der Waals surface area contributed by atoms with Crippen LogP contribution in [0.15, 0.2) is 18.2 Å². The van der Waals surface area contributed by atoms with Gasteiger partial charge in [0.25, 0.3) is 0 Å². The summed E-state index contributed by atoms with van der Waals surface area (Å²) in [7, 11) is 0. The van der Waals surface area contributed by atoms with Crippen LogP contribution < -0.4 is 11.3 Å². The Morgan fingerprint density at radius 3 is 2.10 bits per heavy atom. The van der Waals surface area contributed by atoms with E-state index in [1.54, 1.807) is 0 Å². The van der Waals surface area contributed by atoms with Crippen LogP contribution in [0, 0.1) is 19.8 Å². The number of rotatable bonds is 4. The van der Waals surface area contributed by atoms with Gasteiger partial charge in [0, 0.05) is 6.04 Å². The van der Waals surface area contributed by atoms with Gasteiger partial charge in [0.05, 0.1) is 0 Å². The van der Waals surface area contributed by atoms with Crippen LogP contribution in [0.2, 0.25) is 0 Å². The van der Waals surface area contributed by atoms with Gasteiger partial charge in [0.2, 0.25) is 0 Å². The molecule has 2 nitrogen and oxygen atoms in total. The zero-order chi connectivity index (χ0) is 14.4. The Morgan fingerprint density at radius 1 is 1.00 bits per heavy atom. The second-order valence-electron chi connectivity index (χ2n) is 6.58. The molecule has 0 aromatic heterocycles. The quantitative estimate of drug-likeness (QED) is 0.642. The van der Waals surface area contributed by atoms with Gasteiger partial charge in [0.15, 0.2) is 0 Å². The van der Waals surface area contributed by atoms with E-state index in [0.29, 0.717) is 6.04 Å². The zero-order valence-corrected chi connectivity index (χ0v) is 13.1. The molecule has 20 heavy (non-hydrogen) atoms. The summed E-state index contributed by atoms with van der Waals surface area (Å²) in [6.07, 6.45) is 10.7. The van der Waals surface area contributed by atoms with Crippen molar-refractivity contribution in [3.05, 3.63) is 34.9 Å². The SMILES string of the molecule is Cc1cc(C)cc(CC(NN)C2CCCCCCC2)c1. The Kier molecular flexibility index (Phi) is 6.06. The average molecular weight is 274 g/mol. The third-order valence-electron chi connectivity index (χ3n) is 4.67. The molecule has 2 heteroatoms. The van der Waals surface area contributed by atoms with Gasteiger partial charge in [-0.3, -0.25) is 11.3 Å².